The molecule has 108 valence electrons. The van der Waals surface area contributed by atoms with Gasteiger partial charge in [-0.25, -0.2) is 0 Å². The van der Waals surface area contributed by atoms with Crippen molar-refractivity contribution >= 4 is 11.6 Å². The molecule has 0 aliphatic carbocycles. The van der Waals surface area contributed by atoms with Crippen LogP contribution >= 0.6 is 11.6 Å². The second-order valence-corrected chi connectivity index (χ2v) is 5.02. The molecule has 0 bridgehead atoms. The first kappa shape index (κ1) is 14.8. The van der Waals surface area contributed by atoms with Crippen molar-refractivity contribution in [2.24, 2.45) is 0 Å². The molecule has 2 aromatic rings. The highest BCUT2D eigenvalue weighted by Gasteiger charge is 2.20. The number of hydrogen-bond acceptors (Lipinski definition) is 3. The SMILES string of the molecule is CCc1occc1C(Cl)c1cc(OC)c(OC)cc1C. The summed E-state index contributed by atoms with van der Waals surface area (Å²) >= 11 is 6.63. The van der Waals surface area contributed by atoms with Crippen LogP contribution in [0.4, 0.5) is 0 Å². The van der Waals surface area contributed by atoms with Crippen molar-refractivity contribution < 1.29 is 13.9 Å². The number of alkyl halides is 1. The summed E-state index contributed by atoms with van der Waals surface area (Å²) in [5, 5.41) is -0.261. The molecule has 0 fully saturated rings. The summed E-state index contributed by atoms with van der Waals surface area (Å²) in [5.74, 6) is 2.31. The van der Waals surface area contributed by atoms with E-state index in [9.17, 15) is 0 Å². The molecule has 0 aliphatic rings. The van der Waals surface area contributed by atoms with Gasteiger partial charge in [-0.2, -0.15) is 0 Å². The Balaban J connectivity index is 2.46. The highest BCUT2D eigenvalue weighted by atomic mass is 35.5. The van der Waals surface area contributed by atoms with Crippen molar-refractivity contribution in [3.05, 3.63) is 46.9 Å². The standard InChI is InChI=1S/C16H19ClO3/c1-5-13-11(6-7-20-13)16(17)12-9-15(19-4)14(18-3)8-10(12)2/h6-9,16H,5H2,1-4H3. The first-order valence-electron chi connectivity index (χ1n) is 6.55. The summed E-state index contributed by atoms with van der Waals surface area (Å²) in [6.07, 6.45) is 2.50. The fraction of sp³-hybridized carbons (Fsp3) is 0.375. The molecule has 0 spiro atoms. The van der Waals surface area contributed by atoms with E-state index in [4.69, 9.17) is 25.5 Å². The minimum atomic E-state index is -0.261. The number of furan rings is 1. The fourth-order valence-corrected chi connectivity index (χ4v) is 2.73. The van der Waals surface area contributed by atoms with Gasteiger partial charge >= 0.3 is 0 Å². The van der Waals surface area contributed by atoms with Crippen LogP contribution in [0.25, 0.3) is 0 Å². The van der Waals surface area contributed by atoms with Crippen molar-refractivity contribution in [1.29, 1.82) is 0 Å². The molecule has 2 rings (SSSR count). The van der Waals surface area contributed by atoms with Crippen molar-refractivity contribution in [1.82, 2.24) is 0 Å². The third-order valence-electron chi connectivity index (χ3n) is 3.42. The molecule has 1 atom stereocenters. The molecule has 0 aliphatic heterocycles. The van der Waals surface area contributed by atoms with Crippen LogP contribution in [0.15, 0.2) is 28.9 Å². The largest absolute Gasteiger partial charge is 0.493 e. The lowest BCUT2D eigenvalue weighted by atomic mass is 9.99. The molecule has 0 saturated carbocycles. The fourth-order valence-electron chi connectivity index (χ4n) is 2.30. The van der Waals surface area contributed by atoms with Gasteiger partial charge in [-0.05, 0) is 36.2 Å². The summed E-state index contributed by atoms with van der Waals surface area (Å²) in [5.41, 5.74) is 3.07. The molecule has 3 nitrogen and oxygen atoms in total. The number of halogens is 1. The van der Waals surface area contributed by atoms with Gasteiger partial charge in [-0.15, -0.1) is 11.6 Å². The quantitative estimate of drug-likeness (QED) is 0.761. The Morgan fingerprint density at radius 1 is 1.15 bits per heavy atom. The molecule has 0 N–H and O–H groups in total. The summed E-state index contributed by atoms with van der Waals surface area (Å²) in [6, 6.07) is 5.79. The van der Waals surface area contributed by atoms with Crippen LogP contribution in [0, 0.1) is 6.92 Å². The van der Waals surface area contributed by atoms with Gasteiger partial charge in [-0.1, -0.05) is 6.92 Å². The first-order chi connectivity index (χ1) is 9.62. The average molecular weight is 295 g/mol. The highest BCUT2D eigenvalue weighted by molar-refractivity contribution is 6.22. The summed E-state index contributed by atoms with van der Waals surface area (Å²) in [7, 11) is 3.25. The molecular formula is C16H19ClO3. The van der Waals surface area contributed by atoms with Gasteiger partial charge in [0.2, 0.25) is 0 Å². The molecule has 20 heavy (non-hydrogen) atoms. The van der Waals surface area contributed by atoms with Crippen molar-refractivity contribution in [3.8, 4) is 11.5 Å². The van der Waals surface area contributed by atoms with Crippen molar-refractivity contribution in [3.63, 3.8) is 0 Å². The molecule has 1 aromatic carbocycles. The maximum atomic E-state index is 6.63. The van der Waals surface area contributed by atoms with Crippen LogP contribution in [0.2, 0.25) is 0 Å². The third kappa shape index (κ3) is 2.63. The Morgan fingerprint density at radius 3 is 2.40 bits per heavy atom. The van der Waals surface area contributed by atoms with Crippen LogP contribution in [-0.4, -0.2) is 14.2 Å². The molecule has 0 amide bonds. The number of methoxy groups -OCH3 is 2. The van der Waals surface area contributed by atoms with E-state index < -0.39 is 0 Å². The van der Waals surface area contributed by atoms with Crippen LogP contribution in [0.3, 0.4) is 0 Å². The summed E-state index contributed by atoms with van der Waals surface area (Å²) in [6.45, 7) is 4.06. The summed E-state index contributed by atoms with van der Waals surface area (Å²) < 4.78 is 16.1. The average Bonchev–Trinajstić information content (AvgIpc) is 2.94. The van der Waals surface area contributed by atoms with Crippen LogP contribution < -0.4 is 9.47 Å². The zero-order valence-electron chi connectivity index (χ0n) is 12.2. The maximum absolute atomic E-state index is 6.63. The van der Waals surface area contributed by atoms with Crippen LogP contribution in [0.5, 0.6) is 11.5 Å². The smallest absolute Gasteiger partial charge is 0.161 e. The number of ether oxygens (including phenoxy) is 2. The van der Waals surface area contributed by atoms with Crippen LogP contribution in [-0.2, 0) is 6.42 Å². The van der Waals surface area contributed by atoms with E-state index in [-0.39, 0.29) is 5.38 Å². The zero-order chi connectivity index (χ0) is 14.7. The highest BCUT2D eigenvalue weighted by Crippen LogP contribution is 2.39. The molecule has 1 unspecified atom stereocenters. The first-order valence-corrected chi connectivity index (χ1v) is 6.98. The maximum Gasteiger partial charge on any atom is 0.161 e. The second kappa shape index (κ2) is 6.23. The minimum Gasteiger partial charge on any atom is -0.493 e. The topological polar surface area (TPSA) is 31.6 Å². The van der Waals surface area contributed by atoms with Crippen LogP contribution in [0.1, 0.15) is 34.8 Å². The molecule has 0 radical (unpaired) electrons. The predicted molar refractivity (Wildman–Crippen MR) is 80.1 cm³/mol. The number of aryl methyl sites for hydroxylation is 2. The minimum absolute atomic E-state index is 0.261. The van der Waals surface area contributed by atoms with Gasteiger partial charge in [0.15, 0.2) is 11.5 Å². The molecular weight excluding hydrogens is 276 g/mol. The van der Waals surface area contributed by atoms with Gasteiger partial charge in [0.1, 0.15) is 5.76 Å². The lowest BCUT2D eigenvalue weighted by Gasteiger charge is -2.16. The lowest BCUT2D eigenvalue weighted by molar-refractivity contribution is 0.354. The van der Waals surface area contributed by atoms with Crippen molar-refractivity contribution in [2.45, 2.75) is 25.6 Å². The van der Waals surface area contributed by atoms with E-state index in [1.165, 1.54) is 0 Å². The van der Waals surface area contributed by atoms with E-state index in [1.54, 1.807) is 20.5 Å². The Kier molecular flexibility index (Phi) is 4.61. The number of rotatable bonds is 5. The number of hydrogen-bond donors (Lipinski definition) is 0. The lowest BCUT2D eigenvalue weighted by Crippen LogP contribution is -2.00. The van der Waals surface area contributed by atoms with Gasteiger partial charge in [0.25, 0.3) is 0 Å². The summed E-state index contributed by atoms with van der Waals surface area (Å²) in [4.78, 5) is 0. The normalized spacial score (nSPS) is 12.2. The van der Waals surface area contributed by atoms with E-state index in [1.807, 2.05) is 32.0 Å². The molecule has 1 aromatic heterocycles. The molecule has 0 saturated heterocycles. The number of benzene rings is 1. The third-order valence-corrected chi connectivity index (χ3v) is 3.89. The van der Waals surface area contributed by atoms with Crippen molar-refractivity contribution in [2.75, 3.05) is 14.2 Å². The van der Waals surface area contributed by atoms with E-state index in [0.29, 0.717) is 11.5 Å². The second-order valence-electron chi connectivity index (χ2n) is 4.58. The Labute approximate surface area is 124 Å². The monoisotopic (exact) mass is 294 g/mol. The van der Waals surface area contributed by atoms with Gasteiger partial charge in [0, 0.05) is 12.0 Å². The Morgan fingerprint density at radius 2 is 1.80 bits per heavy atom. The molecule has 1 heterocycles. The molecule has 4 heteroatoms. The van der Waals surface area contributed by atoms with E-state index in [2.05, 4.69) is 0 Å². The van der Waals surface area contributed by atoms with Gasteiger partial charge < -0.3 is 13.9 Å². The van der Waals surface area contributed by atoms with Gasteiger partial charge in [-0.3, -0.25) is 0 Å². The van der Waals surface area contributed by atoms with E-state index >= 15 is 0 Å². The Hall–Kier alpha value is -1.61. The van der Waals surface area contributed by atoms with E-state index in [0.717, 1.165) is 28.9 Å². The predicted octanol–water partition coefficient (Wildman–Crippen LogP) is 4.50. The zero-order valence-corrected chi connectivity index (χ0v) is 13.0. The van der Waals surface area contributed by atoms with Gasteiger partial charge in [0.05, 0.1) is 25.9 Å². The Bertz CT molecular complexity index is 589.